The third-order valence-electron chi connectivity index (χ3n) is 6.15. The lowest BCUT2D eigenvalue weighted by Crippen LogP contribution is -2.47. The molecule has 0 radical (unpaired) electrons. The molecular weight excluding hydrogens is 466 g/mol. The maximum absolute atomic E-state index is 11.6. The third kappa shape index (κ3) is 5.64. The average molecular weight is 496 g/mol. The van der Waals surface area contributed by atoms with Gasteiger partial charge in [-0.1, -0.05) is 0 Å². The predicted octanol–water partition coefficient (Wildman–Crippen LogP) is 1.69. The molecule has 2 aliphatic rings. The zero-order valence-electron chi connectivity index (χ0n) is 19.6. The van der Waals surface area contributed by atoms with Crippen LogP contribution in [0.25, 0.3) is 11.0 Å². The lowest BCUT2D eigenvalue weighted by Gasteiger charge is -2.33. The molecule has 0 bridgehead atoms. The zero-order valence-corrected chi connectivity index (χ0v) is 20.4. The molecule has 1 saturated heterocycles. The number of ether oxygens (including phenoxy) is 2. The first-order valence-electron chi connectivity index (χ1n) is 11.6. The van der Waals surface area contributed by atoms with Crippen LogP contribution in [0.15, 0.2) is 35.4 Å². The van der Waals surface area contributed by atoms with Crippen LogP contribution in [-0.4, -0.2) is 77.5 Å². The van der Waals surface area contributed by atoms with Crippen molar-refractivity contribution in [3.8, 4) is 5.88 Å². The van der Waals surface area contributed by atoms with Crippen molar-refractivity contribution in [2.75, 3.05) is 56.7 Å². The SMILES string of the molecule is COc1ccc2ncc(N)c(CCN3CCO[C@@H](CNCc4ccc5c(n4)NC(=O)CS5)C3)c2n1. The number of morpholine rings is 1. The van der Waals surface area contributed by atoms with Crippen molar-refractivity contribution >= 4 is 40.2 Å². The van der Waals surface area contributed by atoms with Gasteiger partial charge in [-0.15, -0.1) is 11.8 Å². The molecule has 2 aliphatic heterocycles. The van der Waals surface area contributed by atoms with Gasteiger partial charge in [0.05, 0.1) is 59.1 Å². The first kappa shape index (κ1) is 23.7. The molecule has 0 spiro atoms. The number of methoxy groups -OCH3 is 1. The summed E-state index contributed by atoms with van der Waals surface area (Å²) in [5, 5.41) is 6.28. The quantitative estimate of drug-likeness (QED) is 0.425. The third-order valence-corrected chi connectivity index (χ3v) is 7.19. The van der Waals surface area contributed by atoms with Crippen molar-refractivity contribution in [1.82, 2.24) is 25.2 Å². The first-order chi connectivity index (χ1) is 17.1. The maximum atomic E-state index is 11.6. The fourth-order valence-corrected chi connectivity index (χ4v) is 5.09. The van der Waals surface area contributed by atoms with Gasteiger partial charge in [-0.05, 0) is 24.6 Å². The highest BCUT2D eigenvalue weighted by molar-refractivity contribution is 8.00. The molecule has 1 atom stereocenters. The molecule has 0 aliphatic carbocycles. The minimum atomic E-state index is -0.00718. The lowest BCUT2D eigenvalue weighted by molar-refractivity contribution is -0.113. The number of anilines is 2. The summed E-state index contributed by atoms with van der Waals surface area (Å²) in [6, 6.07) is 7.73. The highest BCUT2D eigenvalue weighted by Gasteiger charge is 2.21. The van der Waals surface area contributed by atoms with Gasteiger partial charge < -0.3 is 25.8 Å². The van der Waals surface area contributed by atoms with Crippen LogP contribution in [0.2, 0.25) is 0 Å². The van der Waals surface area contributed by atoms with Crippen molar-refractivity contribution in [3.63, 3.8) is 0 Å². The monoisotopic (exact) mass is 495 g/mol. The number of carbonyl (C=O) groups is 1. The van der Waals surface area contributed by atoms with E-state index in [9.17, 15) is 4.79 Å². The van der Waals surface area contributed by atoms with Gasteiger partial charge in [0.1, 0.15) is 5.82 Å². The number of fused-ring (bicyclic) bond motifs is 2. The Morgan fingerprint density at radius 3 is 3.11 bits per heavy atom. The Balaban J connectivity index is 1.14. The molecule has 3 aromatic heterocycles. The fourth-order valence-electron chi connectivity index (χ4n) is 4.33. The molecule has 35 heavy (non-hydrogen) atoms. The summed E-state index contributed by atoms with van der Waals surface area (Å²) in [6.45, 7) is 4.57. The summed E-state index contributed by atoms with van der Waals surface area (Å²) < 4.78 is 11.3. The smallest absolute Gasteiger partial charge is 0.235 e. The van der Waals surface area contributed by atoms with Crippen molar-refractivity contribution in [2.45, 2.75) is 24.0 Å². The van der Waals surface area contributed by atoms with Gasteiger partial charge in [0.2, 0.25) is 11.8 Å². The number of amides is 1. The molecule has 0 unspecified atom stereocenters. The molecule has 0 saturated carbocycles. The molecule has 11 heteroatoms. The number of hydrogen-bond acceptors (Lipinski definition) is 10. The minimum absolute atomic E-state index is 0.00718. The second-order valence-electron chi connectivity index (χ2n) is 8.57. The average Bonchev–Trinajstić information content (AvgIpc) is 2.88. The van der Waals surface area contributed by atoms with Crippen LogP contribution in [0, 0.1) is 0 Å². The van der Waals surface area contributed by atoms with Crippen molar-refractivity contribution in [1.29, 1.82) is 0 Å². The van der Waals surface area contributed by atoms with Crippen LogP contribution in [0.5, 0.6) is 5.88 Å². The van der Waals surface area contributed by atoms with Gasteiger partial charge in [-0.3, -0.25) is 14.7 Å². The second kappa shape index (κ2) is 10.7. The summed E-state index contributed by atoms with van der Waals surface area (Å²) in [6.07, 6.45) is 2.56. The zero-order chi connectivity index (χ0) is 24.2. The largest absolute Gasteiger partial charge is 0.481 e. The number of nitrogens with two attached hydrogens (primary N) is 1. The number of nitrogen functional groups attached to an aromatic ring is 1. The summed E-state index contributed by atoms with van der Waals surface area (Å²) in [7, 11) is 1.61. The Hall–Kier alpha value is -2.99. The summed E-state index contributed by atoms with van der Waals surface area (Å²) in [4.78, 5) is 28.6. The molecule has 4 N–H and O–H groups in total. The molecule has 5 heterocycles. The van der Waals surface area contributed by atoms with E-state index in [0.29, 0.717) is 36.3 Å². The van der Waals surface area contributed by atoms with E-state index < -0.39 is 0 Å². The van der Waals surface area contributed by atoms with E-state index in [1.165, 1.54) is 11.8 Å². The summed E-state index contributed by atoms with van der Waals surface area (Å²) in [5.74, 6) is 1.64. The number of hydrogen-bond donors (Lipinski definition) is 3. The van der Waals surface area contributed by atoms with Crippen LogP contribution >= 0.6 is 11.8 Å². The van der Waals surface area contributed by atoms with Gasteiger partial charge in [-0.2, -0.15) is 0 Å². The number of nitrogens with zero attached hydrogens (tertiary/aromatic N) is 4. The Bertz CT molecular complexity index is 1230. The standard InChI is InChI=1S/C24H29N7O3S/c1-33-22-5-3-19-23(30-22)17(18(25)12-27-19)6-7-31-8-9-34-16(13-31)11-26-10-15-2-4-20-24(28-15)29-21(32)14-35-20/h2-5,12,16,26H,6-11,13-14,25H2,1H3,(H,28,29,32)/t16-/m0/s1. The molecular formula is C24H29N7O3S. The number of rotatable bonds is 8. The number of aromatic nitrogens is 3. The van der Waals surface area contributed by atoms with E-state index in [2.05, 4.69) is 30.5 Å². The summed E-state index contributed by atoms with van der Waals surface area (Å²) in [5.41, 5.74) is 10.4. The molecule has 3 aromatic rings. The number of nitrogens with one attached hydrogen (secondary N) is 2. The minimum Gasteiger partial charge on any atom is -0.481 e. The van der Waals surface area contributed by atoms with Gasteiger partial charge in [-0.25, -0.2) is 9.97 Å². The molecule has 1 amide bonds. The van der Waals surface area contributed by atoms with Gasteiger partial charge >= 0.3 is 0 Å². The number of carbonyl (C=O) groups excluding carboxylic acids is 1. The van der Waals surface area contributed by atoms with Crippen molar-refractivity contribution in [3.05, 3.63) is 41.7 Å². The highest BCUT2D eigenvalue weighted by Crippen LogP contribution is 2.29. The van der Waals surface area contributed by atoms with Crippen LogP contribution in [0.4, 0.5) is 11.5 Å². The molecule has 1 fully saturated rings. The predicted molar refractivity (Wildman–Crippen MR) is 136 cm³/mol. The molecule has 10 nitrogen and oxygen atoms in total. The van der Waals surface area contributed by atoms with Crippen LogP contribution < -0.4 is 21.1 Å². The van der Waals surface area contributed by atoms with Gasteiger partial charge in [0.25, 0.3) is 0 Å². The van der Waals surface area contributed by atoms with E-state index in [1.54, 1.807) is 13.3 Å². The Morgan fingerprint density at radius 2 is 2.23 bits per heavy atom. The van der Waals surface area contributed by atoms with Crippen molar-refractivity contribution in [2.24, 2.45) is 0 Å². The highest BCUT2D eigenvalue weighted by atomic mass is 32.2. The number of thioether (sulfide) groups is 1. The second-order valence-corrected chi connectivity index (χ2v) is 9.59. The fraction of sp³-hybridized carbons (Fsp3) is 0.417. The van der Waals surface area contributed by atoms with Gasteiger partial charge in [0.15, 0.2) is 0 Å². The van der Waals surface area contributed by atoms with E-state index >= 15 is 0 Å². The Morgan fingerprint density at radius 1 is 1.31 bits per heavy atom. The lowest BCUT2D eigenvalue weighted by atomic mass is 10.1. The first-order valence-corrected chi connectivity index (χ1v) is 12.6. The molecule has 184 valence electrons. The Labute approximate surface area is 208 Å². The van der Waals surface area contributed by atoms with E-state index in [1.807, 2.05) is 24.3 Å². The maximum Gasteiger partial charge on any atom is 0.235 e. The number of pyridine rings is 3. The normalized spacial score (nSPS) is 18.3. The van der Waals surface area contributed by atoms with E-state index in [0.717, 1.165) is 59.8 Å². The van der Waals surface area contributed by atoms with Crippen LogP contribution in [-0.2, 0) is 22.5 Å². The van der Waals surface area contributed by atoms with E-state index in [-0.39, 0.29) is 12.0 Å². The van der Waals surface area contributed by atoms with Crippen molar-refractivity contribution < 1.29 is 14.3 Å². The Kier molecular flexibility index (Phi) is 7.28. The topological polar surface area (TPSA) is 128 Å². The van der Waals surface area contributed by atoms with Crippen LogP contribution in [0.1, 0.15) is 11.3 Å². The summed E-state index contributed by atoms with van der Waals surface area (Å²) >= 11 is 1.52. The molecule has 5 rings (SSSR count). The molecule has 0 aromatic carbocycles. The van der Waals surface area contributed by atoms with E-state index in [4.69, 9.17) is 15.2 Å². The van der Waals surface area contributed by atoms with Crippen LogP contribution in [0.3, 0.4) is 0 Å². The van der Waals surface area contributed by atoms with Gasteiger partial charge in [0, 0.05) is 44.4 Å².